The van der Waals surface area contributed by atoms with Gasteiger partial charge in [0.25, 0.3) is 5.91 Å². The molecule has 0 aromatic heterocycles. The minimum Gasteiger partial charge on any atom is -0.379 e. The number of ether oxygens (including phenoxy) is 1. The van der Waals surface area contributed by atoms with Crippen LogP contribution < -0.4 is 5.32 Å². The molecule has 1 amide bonds. The number of rotatable bonds is 3. The number of methoxy groups -OCH3 is 1. The second-order valence-corrected chi connectivity index (χ2v) is 4.77. The first kappa shape index (κ1) is 13.0. The van der Waals surface area contributed by atoms with Crippen molar-refractivity contribution < 1.29 is 13.9 Å². The molecular formula is C14H18FNO2. The minimum atomic E-state index is -0.481. The smallest absolute Gasteiger partial charge is 0.254 e. The fourth-order valence-corrected chi connectivity index (χ4v) is 2.43. The maximum Gasteiger partial charge on any atom is 0.254 e. The molecule has 1 aromatic carbocycles. The monoisotopic (exact) mass is 251 g/mol. The summed E-state index contributed by atoms with van der Waals surface area (Å²) in [5.74, 6) is -0.838. The van der Waals surface area contributed by atoms with Crippen molar-refractivity contribution in [3.8, 4) is 0 Å². The number of aryl methyl sites for hydroxylation is 1. The highest BCUT2D eigenvalue weighted by molar-refractivity contribution is 5.94. The summed E-state index contributed by atoms with van der Waals surface area (Å²) >= 11 is 0. The molecule has 0 saturated heterocycles. The van der Waals surface area contributed by atoms with Crippen LogP contribution in [0, 0.1) is 12.7 Å². The zero-order valence-electron chi connectivity index (χ0n) is 10.7. The Balaban J connectivity index is 2.09. The van der Waals surface area contributed by atoms with Crippen molar-refractivity contribution in [1.29, 1.82) is 0 Å². The molecule has 1 aliphatic rings. The summed E-state index contributed by atoms with van der Waals surface area (Å²) < 4.78 is 18.9. The first-order valence-electron chi connectivity index (χ1n) is 6.21. The maximum atomic E-state index is 13.6. The van der Waals surface area contributed by atoms with E-state index in [0.717, 1.165) is 24.8 Å². The summed E-state index contributed by atoms with van der Waals surface area (Å²) in [7, 11) is 1.64. The highest BCUT2D eigenvalue weighted by Crippen LogP contribution is 2.22. The number of nitrogens with one attached hydrogen (secondary N) is 1. The van der Waals surface area contributed by atoms with Crippen LogP contribution in [0.3, 0.4) is 0 Å². The van der Waals surface area contributed by atoms with Crippen LogP contribution in [-0.4, -0.2) is 25.2 Å². The number of carbonyl (C=O) groups is 1. The van der Waals surface area contributed by atoms with Crippen LogP contribution in [0.4, 0.5) is 4.39 Å². The molecule has 1 aromatic rings. The molecule has 2 atom stereocenters. The van der Waals surface area contributed by atoms with Gasteiger partial charge in [0.2, 0.25) is 0 Å². The molecule has 0 bridgehead atoms. The van der Waals surface area contributed by atoms with E-state index in [9.17, 15) is 9.18 Å². The second-order valence-electron chi connectivity index (χ2n) is 4.77. The lowest BCUT2D eigenvalue weighted by molar-refractivity contribution is 0.0720. The Morgan fingerprint density at radius 2 is 2.22 bits per heavy atom. The van der Waals surface area contributed by atoms with E-state index in [-0.39, 0.29) is 23.6 Å². The van der Waals surface area contributed by atoms with Crippen molar-refractivity contribution in [2.75, 3.05) is 7.11 Å². The predicted octanol–water partition coefficient (Wildman–Crippen LogP) is 2.43. The average molecular weight is 251 g/mol. The largest absolute Gasteiger partial charge is 0.379 e. The summed E-state index contributed by atoms with van der Waals surface area (Å²) in [6, 6.07) is 4.54. The topological polar surface area (TPSA) is 38.3 Å². The van der Waals surface area contributed by atoms with Crippen LogP contribution in [0.15, 0.2) is 18.2 Å². The summed E-state index contributed by atoms with van der Waals surface area (Å²) in [5.41, 5.74) is 0.980. The third kappa shape index (κ3) is 2.70. The number of halogens is 1. The zero-order chi connectivity index (χ0) is 13.1. The molecule has 4 heteroatoms. The summed E-state index contributed by atoms with van der Waals surface area (Å²) in [6.07, 6.45) is 2.90. The van der Waals surface area contributed by atoms with Gasteiger partial charge in [-0.05, 0) is 38.3 Å². The molecular weight excluding hydrogens is 233 g/mol. The van der Waals surface area contributed by atoms with Gasteiger partial charge in [0.15, 0.2) is 0 Å². The van der Waals surface area contributed by atoms with E-state index < -0.39 is 5.82 Å². The van der Waals surface area contributed by atoms with E-state index in [4.69, 9.17) is 4.74 Å². The molecule has 1 saturated carbocycles. The van der Waals surface area contributed by atoms with Gasteiger partial charge in [-0.25, -0.2) is 4.39 Å². The molecule has 18 heavy (non-hydrogen) atoms. The Morgan fingerprint density at radius 1 is 1.44 bits per heavy atom. The lowest BCUT2D eigenvalue weighted by Gasteiger charge is -2.19. The number of hydrogen-bond acceptors (Lipinski definition) is 2. The summed E-state index contributed by atoms with van der Waals surface area (Å²) in [4.78, 5) is 12.0. The molecule has 0 radical (unpaired) electrons. The van der Waals surface area contributed by atoms with E-state index in [1.165, 1.54) is 6.07 Å². The fourth-order valence-electron chi connectivity index (χ4n) is 2.43. The molecule has 0 heterocycles. The van der Waals surface area contributed by atoms with E-state index in [0.29, 0.717) is 0 Å². The van der Waals surface area contributed by atoms with Crippen molar-refractivity contribution in [2.24, 2.45) is 0 Å². The first-order chi connectivity index (χ1) is 8.61. The Hall–Kier alpha value is -1.42. The number of benzene rings is 1. The summed E-state index contributed by atoms with van der Waals surface area (Å²) in [6.45, 7) is 1.84. The zero-order valence-corrected chi connectivity index (χ0v) is 10.7. The number of carbonyl (C=O) groups excluding carboxylic acids is 1. The highest BCUT2D eigenvalue weighted by Gasteiger charge is 2.29. The summed E-state index contributed by atoms with van der Waals surface area (Å²) in [5, 5.41) is 2.86. The van der Waals surface area contributed by atoms with Crippen molar-refractivity contribution in [2.45, 2.75) is 38.3 Å². The Labute approximate surface area is 106 Å². The Bertz CT molecular complexity index is 447. The van der Waals surface area contributed by atoms with E-state index in [2.05, 4.69) is 5.32 Å². The quantitative estimate of drug-likeness (QED) is 0.896. The van der Waals surface area contributed by atoms with Crippen LogP contribution in [0.1, 0.15) is 35.2 Å². The van der Waals surface area contributed by atoms with Crippen molar-refractivity contribution in [3.05, 3.63) is 35.1 Å². The molecule has 0 aliphatic heterocycles. The van der Waals surface area contributed by atoms with Gasteiger partial charge in [0.1, 0.15) is 5.82 Å². The van der Waals surface area contributed by atoms with Crippen molar-refractivity contribution in [3.63, 3.8) is 0 Å². The van der Waals surface area contributed by atoms with E-state index >= 15 is 0 Å². The Kier molecular flexibility index (Phi) is 3.97. The normalized spacial score (nSPS) is 23.1. The van der Waals surface area contributed by atoms with Crippen molar-refractivity contribution in [1.82, 2.24) is 5.32 Å². The second kappa shape index (κ2) is 5.48. The third-order valence-corrected chi connectivity index (χ3v) is 3.44. The van der Waals surface area contributed by atoms with Crippen LogP contribution in [-0.2, 0) is 4.74 Å². The average Bonchev–Trinajstić information content (AvgIpc) is 2.79. The molecule has 2 rings (SSSR count). The molecule has 1 aliphatic carbocycles. The molecule has 3 nitrogen and oxygen atoms in total. The Morgan fingerprint density at radius 3 is 2.94 bits per heavy atom. The fraction of sp³-hybridized carbons (Fsp3) is 0.500. The maximum absolute atomic E-state index is 13.6. The van der Waals surface area contributed by atoms with E-state index in [1.807, 2.05) is 6.92 Å². The van der Waals surface area contributed by atoms with Crippen molar-refractivity contribution >= 4 is 5.91 Å². The van der Waals surface area contributed by atoms with Gasteiger partial charge in [-0.3, -0.25) is 4.79 Å². The molecule has 2 unspecified atom stereocenters. The lowest BCUT2D eigenvalue weighted by Crippen LogP contribution is -2.41. The van der Waals surface area contributed by atoms with E-state index in [1.54, 1.807) is 19.2 Å². The van der Waals surface area contributed by atoms with Crippen LogP contribution in [0.25, 0.3) is 0 Å². The van der Waals surface area contributed by atoms with Gasteiger partial charge in [-0.1, -0.05) is 11.6 Å². The standard InChI is InChI=1S/C14H18FNO2/c1-9-6-7-11(15)10(8-9)14(17)16-12-4-3-5-13(12)18-2/h6-8,12-13H,3-5H2,1-2H3,(H,16,17). The van der Waals surface area contributed by atoms with Gasteiger partial charge < -0.3 is 10.1 Å². The van der Waals surface area contributed by atoms with Gasteiger partial charge in [0, 0.05) is 7.11 Å². The van der Waals surface area contributed by atoms with Crippen LogP contribution in [0.5, 0.6) is 0 Å². The van der Waals surface area contributed by atoms with Gasteiger partial charge in [0.05, 0.1) is 17.7 Å². The van der Waals surface area contributed by atoms with Crippen LogP contribution in [0.2, 0.25) is 0 Å². The first-order valence-corrected chi connectivity index (χ1v) is 6.21. The number of hydrogen-bond donors (Lipinski definition) is 1. The van der Waals surface area contributed by atoms with Gasteiger partial charge in [-0.2, -0.15) is 0 Å². The van der Waals surface area contributed by atoms with Gasteiger partial charge in [-0.15, -0.1) is 0 Å². The van der Waals surface area contributed by atoms with Crippen LogP contribution >= 0.6 is 0 Å². The molecule has 1 N–H and O–H groups in total. The SMILES string of the molecule is COC1CCCC1NC(=O)c1cc(C)ccc1F. The molecule has 0 spiro atoms. The number of amides is 1. The molecule has 1 fully saturated rings. The van der Waals surface area contributed by atoms with Gasteiger partial charge >= 0.3 is 0 Å². The lowest BCUT2D eigenvalue weighted by atomic mass is 10.1. The molecule has 98 valence electrons. The third-order valence-electron chi connectivity index (χ3n) is 3.44. The highest BCUT2D eigenvalue weighted by atomic mass is 19.1. The minimum absolute atomic E-state index is 0.0117. The predicted molar refractivity (Wildman–Crippen MR) is 67.0 cm³/mol.